The van der Waals surface area contributed by atoms with Gasteiger partial charge in [-0.2, -0.15) is 0 Å². The van der Waals surface area contributed by atoms with Crippen LogP contribution in [0, 0.1) is 5.82 Å². The SMILES string of the molecule is O=C1CC[C@H](Nc2ccc(N3CCC(c4ccc(Br)cc4)CC3)c(F)c2)C(=O)N1. The molecule has 2 aromatic carbocycles. The number of nitrogens with zero attached hydrogens (tertiary/aromatic N) is 1. The lowest BCUT2D eigenvalue weighted by atomic mass is 9.89. The molecule has 152 valence electrons. The van der Waals surface area contributed by atoms with Gasteiger partial charge in [0.25, 0.3) is 0 Å². The third-order valence-corrected chi connectivity index (χ3v) is 6.23. The Morgan fingerprint density at radius 3 is 2.41 bits per heavy atom. The van der Waals surface area contributed by atoms with Crippen LogP contribution >= 0.6 is 15.9 Å². The van der Waals surface area contributed by atoms with Crippen LogP contribution in [0.25, 0.3) is 0 Å². The molecule has 29 heavy (non-hydrogen) atoms. The molecule has 5 nitrogen and oxygen atoms in total. The number of hydrogen-bond donors (Lipinski definition) is 2. The first-order valence-corrected chi connectivity index (χ1v) is 10.7. The van der Waals surface area contributed by atoms with Gasteiger partial charge in [0.05, 0.1) is 5.69 Å². The Morgan fingerprint density at radius 2 is 1.76 bits per heavy atom. The van der Waals surface area contributed by atoms with Gasteiger partial charge in [-0.3, -0.25) is 14.9 Å². The number of imide groups is 1. The van der Waals surface area contributed by atoms with Crippen molar-refractivity contribution in [1.29, 1.82) is 0 Å². The average Bonchev–Trinajstić information content (AvgIpc) is 2.71. The van der Waals surface area contributed by atoms with Crippen molar-refractivity contribution in [3.63, 3.8) is 0 Å². The van der Waals surface area contributed by atoms with Crippen molar-refractivity contribution in [3.8, 4) is 0 Å². The van der Waals surface area contributed by atoms with Gasteiger partial charge >= 0.3 is 0 Å². The molecule has 4 rings (SSSR count). The van der Waals surface area contributed by atoms with Crippen molar-refractivity contribution < 1.29 is 14.0 Å². The van der Waals surface area contributed by atoms with Gasteiger partial charge in [-0.25, -0.2) is 4.39 Å². The van der Waals surface area contributed by atoms with Gasteiger partial charge < -0.3 is 10.2 Å². The molecule has 0 unspecified atom stereocenters. The molecule has 7 heteroatoms. The van der Waals surface area contributed by atoms with E-state index < -0.39 is 6.04 Å². The summed E-state index contributed by atoms with van der Waals surface area (Å²) in [5.74, 6) is -0.429. The Morgan fingerprint density at radius 1 is 1.03 bits per heavy atom. The first kappa shape index (κ1) is 19.9. The molecule has 0 aliphatic carbocycles. The molecule has 0 aromatic heterocycles. The second kappa shape index (κ2) is 8.53. The van der Waals surface area contributed by atoms with Crippen LogP contribution in [-0.4, -0.2) is 30.9 Å². The molecule has 2 saturated heterocycles. The summed E-state index contributed by atoms with van der Waals surface area (Å²) in [7, 11) is 0. The minimum atomic E-state index is -0.514. The largest absolute Gasteiger partial charge is 0.374 e. The minimum Gasteiger partial charge on any atom is -0.374 e. The Kier molecular flexibility index (Phi) is 5.85. The van der Waals surface area contributed by atoms with Gasteiger partial charge in [0.15, 0.2) is 0 Å². The third kappa shape index (κ3) is 4.61. The quantitative estimate of drug-likeness (QED) is 0.672. The van der Waals surface area contributed by atoms with E-state index in [-0.39, 0.29) is 24.1 Å². The number of nitrogens with one attached hydrogen (secondary N) is 2. The molecule has 2 amide bonds. The van der Waals surface area contributed by atoms with Crippen LogP contribution in [0.4, 0.5) is 15.8 Å². The van der Waals surface area contributed by atoms with Crippen LogP contribution < -0.4 is 15.5 Å². The molecule has 0 spiro atoms. The molecular formula is C22H23BrFN3O2. The second-order valence-corrected chi connectivity index (χ2v) is 8.54. The average molecular weight is 460 g/mol. The number of piperidine rings is 2. The van der Waals surface area contributed by atoms with Crippen molar-refractivity contribution >= 4 is 39.1 Å². The van der Waals surface area contributed by atoms with Gasteiger partial charge in [0, 0.05) is 29.7 Å². The zero-order valence-corrected chi connectivity index (χ0v) is 17.5. The van der Waals surface area contributed by atoms with E-state index >= 15 is 0 Å². The fourth-order valence-electron chi connectivity index (χ4n) is 4.07. The van der Waals surface area contributed by atoms with E-state index in [0.717, 1.165) is 30.4 Å². The molecule has 0 saturated carbocycles. The zero-order valence-electron chi connectivity index (χ0n) is 16.0. The van der Waals surface area contributed by atoms with Crippen molar-refractivity contribution in [2.45, 2.75) is 37.6 Å². The predicted molar refractivity (Wildman–Crippen MR) is 115 cm³/mol. The normalized spacial score (nSPS) is 20.5. The Bertz CT molecular complexity index is 911. The fraction of sp³-hybridized carbons (Fsp3) is 0.364. The molecular weight excluding hydrogens is 437 g/mol. The standard InChI is InChI=1S/C22H23BrFN3O2/c23-16-3-1-14(2-4-16)15-9-11-27(12-10-15)20-7-5-17(13-18(20)24)25-19-6-8-21(28)26-22(19)29/h1-5,7,13,15,19,25H,6,8-12H2,(H,26,28,29)/t19-/m0/s1. The molecule has 0 radical (unpaired) electrons. The van der Waals surface area contributed by atoms with E-state index in [9.17, 15) is 14.0 Å². The summed E-state index contributed by atoms with van der Waals surface area (Å²) in [4.78, 5) is 25.2. The van der Waals surface area contributed by atoms with Gasteiger partial charge in [-0.05, 0) is 61.1 Å². The predicted octanol–water partition coefficient (Wildman–Crippen LogP) is 4.19. The highest BCUT2D eigenvalue weighted by atomic mass is 79.9. The lowest BCUT2D eigenvalue weighted by molar-refractivity contribution is -0.133. The first-order chi connectivity index (χ1) is 14.0. The van der Waals surface area contributed by atoms with E-state index in [1.54, 1.807) is 12.1 Å². The summed E-state index contributed by atoms with van der Waals surface area (Å²) >= 11 is 3.47. The number of anilines is 2. The smallest absolute Gasteiger partial charge is 0.249 e. The molecule has 2 heterocycles. The summed E-state index contributed by atoms with van der Waals surface area (Å²) in [5, 5.41) is 5.33. The molecule has 1 atom stereocenters. The van der Waals surface area contributed by atoms with Crippen LogP contribution in [0.2, 0.25) is 0 Å². The van der Waals surface area contributed by atoms with Gasteiger partial charge in [0.2, 0.25) is 11.8 Å². The summed E-state index contributed by atoms with van der Waals surface area (Å²) in [5.41, 5.74) is 2.47. The summed E-state index contributed by atoms with van der Waals surface area (Å²) in [6, 6.07) is 12.9. The van der Waals surface area contributed by atoms with Crippen molar-refractivity contribution in [2.24, 2.45) is 0 Å². The molecule has 2 fully saturated rings. The number of halogens is 2. The van der Waals surface area contributed by atoms with E-state index in [1.807, 2.05) is 0 Å². The zero-order chi connectivity index (χ0) is 20.4. The lowest BCUT2D eigenvalue weighted by Gasteiger charge is -2.34. The van der Waals surface area contributed by atoms with E-state index in [0.29, 0.717) is 23.7 Å². The second-order valence-electron chi connectivity index (χ2n) is 7.63. The van der Waals surface area contributed by atoms with Crippen LogP contribution in [0.3, 0.4) is 0 Å². The van der Waals surface area contributed by atoms with Crippen molar-refractivity contribution in [2.75, 3.05) is 23.3 Å². The van der Waals surface area contributed by atoms with Crippen LogP contribution in [0.1, 0.15) is 37.2 Å². The van der Waals surface area contributed by atoms with Gasteiger partial charge in [-0.15, -0.1) is 0 Å². The molecule has 2 aliphatic rings. The molecule has 2 aromatic rings. The Balaban J connectivity index is 1.38. The van der Waals surface area contributed by atoms with E-state index in [2.05, 4.69) is 55.7 Å². The lowest BCUT2D eigenvalue weighted by Crippen LogP contribution is -2.47. The third-order valence-electron chi connectivity index (χ3n) is 5.70. The minimum absolute atomic E-state index is 0.263. The Hall–Kier alpha value is -2.41. The van der Waals surface area contributed by atoms with Crippen LogP contribution in [0.15, 0.2) is 46.9 Å². The molecule has 2 aliphatic heterocycles. The Labute approximate surface area is 177 Å². The van der Waals surface area contributed by atoms with Gasteiger partial charge in [0.1, 0.15) is 11.9 Å². The maximum absolute atomic E-state index is 14.8. The summed E-state index contributed by atoms with van der Waals surface area (Å²) in [6.07, 6.45) is 2.67. The summed E-state index contributed by atoms with van der Waals surface area (Å²) in [6.45, 7) is 1.61. The topological polar surface area (TPSA) is 61.4 Å². The van der Waals surface area contributed by atoms with Crippen molar-refractivity contribution in [1.82, 2.24) is 5.32 Å². The first-order valence-electron chi connectivity index (χ1n) is 9.90. The van der Waals surface area contributed by atoms with E-state index in [1.165, 1.54) is 11.6 Å². The number of hydrogen-bond acceptors (Lipinski definition) is 4. The molecule has 0 bridgehead atoms. The van der Waals surface area contributed by atoms with E-state index in [4.69, 9.17) is 0 Å². The molecule has 2 N–H and O–H groups in total. The van der Waals surface area contributed by atoms with Crippen molar-refractivity contribution in [3.05, 3.63) is 58.3 Å². The monoisotopic (exact) mass is 459 g/mol. The highest BCUT2D eigenvalue weighted by molar-refractivity contribution is 9.10. The maximum Gasteiger partial charge on any atom is 0.249 e. The number of amides is 2. The van der Waals surface area contributed by atoms with Crippen LogP contribution in [0.5, 0.6) is 0 Å². The summed E-state index contributed by atoms with van der Waals surface area (Å²) < 4.78 is 15.8. The fourth-order valence-corrected chi connectivity index (χ4v) is 4.34. The van der Waals surface area contributed by atoms with Gasteiger partial charge in [-0.1, -0.05) is 28.1 Å². The number of rotatable bonds is 4. The maximum atomic E-state index is 14.8. The number of carbonyl (C=O) groups excluding carboxylic acids is 2. The van der Waals surface area contributed by atoms with Crippen LogP contribution in [-0.2, 0) is 9.59 Å². The highest BCUT2D eigenvalue weighted by Crippen LogP contribution is 2.33. The highest BCUT2D eigenvalue weighted by Gasteiger charge is 2.27. The number of carbonyl (C=O) groups is 2. The number of benzene rings is 2.